The van der Waals surface area contributed by atoms with Crippen molar-refractivity contribution in [3.05, 3.63) is 0 Å². The number of likely N-dealkylation sites (tertiary alicyclic amines) is 4. The first-order valence-electron chi connectivity index (χ1n) is 14.2. The summed E-state index contributed by atoms with van der Waals surface area (Å²) in [6.07, 6.45) is 5.11. The van der Waals surface area contributed by atoms with E-state index in [1.165, 1.54) is 19.6 Å². The van der Waals surface area contributed by atoms with Crippen molar-refractivity contribution in [1.29, 1.82) is 0 Å². The van der Waals surface area contributed by atoms with Crippen LogP contribution in [0.2, 0.25) is 0 Å². The van der Waals surface area contributed by atoms with Gasteiger partial charge in [0.25, 0.3) is 0 Å². The molecule has 4 fully saturated rings. The van der Waals surface area contributed by atoms with E-state index in [1.54, 1.807) is 0 Å². The van der Waals surface area contributed by atoms with Crippen LogP contribution in [0, 0.1) is 0 Å². The zero-order valence-corrected chi connectivity index (χ0v) is 22.7. The van der Waals surface area contributed by atoms with Gasteiger partial charge in [-0.1, -0.05) is 0 Å². The average Bonchev–Trinajstić information content (AvgIpc) is 3.78. The summed E-state index contributed by atoms with van der Waals surface area (Å²) in [4.78, 5) is 93.9. The van der Waals surface area contributed by atoms with Crippen LogP contribution in [0.4, 0.5) is 0 Å². The number of hydrogen-bond donors (Lipinski definition) is 3. The number of amides is 6. The summed E-state index contributed by atoms with van der Waals surface area (Å²) in [5.41, 5.74) is 5.49. The molecule has 6 amide bonds. The van der Waals surface area contributed by atoms with Gasteiger partial charge in [-0.25, -0.2) is 0 Å². The molecule has 4 aliphatic heterocycles. The van der Waals surface area contributed by atoms with Gasteiger partial charge in [0.05, 0.1) is 19.6 Å². The highest BCUT2D eigenvalue weighted by atomic mass is 16.2. The number of hydrogen-bond acceptors (Lipinski definition) is 8. The number of nitrogens with two attached hydrogens (primary N) is 1. The summed E-state index contributed by atoms with van der Waals surface area (Å²) >= 11 is 0. The molecule has 4 atom stereocenters. The molecule has 0 radical (unpaired) electrons. The fourth-order valence-electron chi connectivity index (χ4n) is 6.39. The van der Waals surface area contributed by atoms with Crippen molar-refractivity contribution in [3.63, 3.8) is 0 Å². The van der Waals surface area contributed by atoms with E-state index in [0.29, 0.717) is 83.8 Å². The molecule has 4 rings (SSSR count). The Hall–Kier alpha value is -3.55. The van der Waals surface area contributed by atoms with Gasteiger partial charge in [-0.05, 0) is 51.4 Å². The number of carbonyl (C=O) groups excluding carboxylic acids is 7. The molecule has 0 bridgehead atoms. The molecule has 0 unspecified atom stereocenters. The van der Waals surface area contributed by atoms with Crippen molar-refractivity contribution in [3.8, 4) is 0 Å². The Morgan fingerprint density at radius 1 is 0.625 bits per heavy atom. The second-order valence-electron chi connectivity index (χ2n) is 10.7. The van der Waals surface area contributed by atoms with Gasteiger partial charge in [0.15, 0.2) is 0 Å². The third kappa shape index (κ3) is 6.11. The Morgan fingerprint density at radius 3 is 1.52 bits per heavy atom. The molecule has 0 spiro atoms. The van der Waals surface area contributed by atoms with Crippen LogP contribution in [0.25, 0.3) is 0 Å². The lowest BCUT2D eigenvalue weighted by atomic mass is 10.1. The lowest BCUT2D eigenvalue weighted by Gasteiger charge is -2.32. The number of nitrogens with zero attached hydrogens (tertiary/aromatic N) is 4. The van der Waals surface area contributed by atoms with E-state index < -0.39 is 36.0 Å². The van der Waals surface area contributed by atoms with Gasteiger partial charge in [-0.15, -0.1) is 0 Å². The predicted octanol–water partition coefficient (Wildman–Crippen LogP) is -2.66. The second kappa shape index (κ2) is 13.2. The Bertz CT molecular complexity index is 1040. The molecule has 0 aromatic carbocycles. The zero-order chi connectivity index (χ0) is 28.8. The summed E-state index contributed by atoms with van der Waals surface area (Å²) in [5.74, 6) is -2.10. The van der Waals surface area contributed by atoms with E-state index in [1.807, 2.05) is 0 Å². The van der Waals surface area contributed by atoms with Crippen molar-refractivity contribution >= 4 is 41.7 Å². The van der Waals surface area contributed by atoms with Crippen molar-refractivity contribution in [1.82, 2.24) is 30.2 Å². The minimum atomic E-state index is -0.734. The van der Waals surface area contributed by atoms with Gasteiger partial charge in [0, 0.05) is 26.2 Å². The Balaban J connectivity index is 1.33. The average molecular weight is 562 g/mol. The monoisotopic (exact) mass is 561 g/mol. The molecule has 4 N–H and O–H groups in total. The maximum atomic E-state index is 13.4. The van der Waals surface area contributed by atoms with Crippen LogP contribution in [0.1, 0.15) is 51.4 Å². The largest absolute Gasteiger partial charge is 0.348 e. The minimum absolute atomic E-state index is 0.125. The lowest BCUT2D eigenvalue weighted by molar-refractivity contribution is -0.147. The van der Waals surface area contributed by atoms with Crippen LogP contribution in [-0.4, -0.2) is 131 Å². The standard InChI is InChI=1S/C26H39N7O7/c27-15-21(35)30-10-3-7-19(30)25(39)33-13-2-6-18(33)24(38)29-16-22(36)31-11-4-8-20(31)26(40)32-12-1-5-17(32)23(37)28-9-14-34/h14,17-20H,1-13,15-16,27H2,(H,28,37)(H,29,38)/t17-,18-,19-,20-/m0/s1. The maximum Gasteiger partial charge on any atom is 0.246 e. The summed E-state index contributed by atoms with van der Waals surface area (Å²) in [5, 5.41) is 5.16. The van der Waals surface area contributed by atoms with Crippen LogP contribution in [0.5, 0.6) is 0 Å². The number of rotatable bonds is 9. The Kier molecular flexibility index (Phi) is 9.71. The SMILES string of the molecule is NCC(=O)N1CCC[C@H]1C(=O)N1CCC[C@H]1C(=O)NCC(=O)N1CCC[C@H]1C(=O)N1CCC[C@H]1C(=O)NCC=O. The van der Waals surface area contributed by atoms with Crippen LogP contribution in [-0.2, 0) is 33.6 Å². The zero-order valence-electron chi connectivity index (χ0n) is 22.7. The van der Waals surface area contributed by atoms with Crippen molar-refractivity contribution in [2.75, 3.05) is 45.8 Å². The third-order valence-corrected chi connectivity index (χ3v) is 8.34. The first kappa shape index (κ1) is 29.4. The highest BCUT2D eigenvalue weighted by Gasteiger charge is 2.44. The molecule has 4 aliphatic rings. The third-order valence-electron chi connectivity index (χ3n) is 8.34. The molecule has 0 aliphatic carbocycles. The molecular weight excluding hydrogens is 522 g/mol. The normalized spacial score (nSPS) is 26.2. The fraction of sp³-hybridized carbons (Fsp3) is 0.731. The summed E-state index contributed by atoms with van der Waals surface area (Å²) in [6, 6.07) is -2.76. The number of nitrogens with one attached hydrogen (secondary N) is 2. The first-order valence-corrected chi connectivity index (χ1v) is 14.2. The van der Waals surface area contributed by atoms with E-state index in [9.17, 15) is 33.6 Å². The van der Waals surface area contributed by atoms with Gasteiger partial charge >= 0.3 is 0 Å². The van der Waals surface area contributed by atoms with Crippen molar-refractivity contribution in [2.24, 2.45) is 5.73 Å². The minimum Gasteiger partial charge on any atom is -0.348 e. The van der Waals surface area contributed by atoms with Gasteiger partial charge < -0.3 is 40.8 Å². The topological polar surface area (TPSA) is 183 Å². The van der Waals surface area contributed by atoms with E-state index in [0.717, 1.165) is 0 Å². The van der Waals surface area contributed by atoms with Gasteiger partial charge in [0.1, 0.15) is 30.5 Å². The molecule has 220 valence electrons. The molecule has 4 saturated heterocycles. The summed E-state index contributed by atoms with van der Waals surface area (Å²) in [7, 11) is 0. The molecule has 14 nitrogen and oxygen atoms in total. The Morgan fingerprint density at radius 2 is 1.05 bits per heavy atom. The molecule has 0 aromatic heterocycles. The molecular formula is C26H39N7O7. The van der Waals surface area contributed by atoms with E-state index in [4.69, 9.17) is 5.73 Å². The van der Waals surface area contributed by atoms with Gasteiger partial charge in [0.2, 0.25) is 35.4 Å². The molecule has 14 heteroatoms. The number of aldehydes is 1. The van der Waals surface area contributed by atoms with Crippen LogP contribution < -0.4 is 16.4 Å². The molecule has 0 aromatic rings. The predicted molar refractivity (Wildman–Crippen MR) is 140 cm³/mol. The fourth-order valence-corrected chi connectivity index (χ4v) is 6.39. The van der Waals surface area contributed by atoms with Crippen molar-refractivity contribution in [2.45, 2.75) is 75.5 Å². The van der Waals surface area contributed by atoms with Gasteiger partial charge in [-0.3, -0.25) is 28.8 Å². The van der Waals surface area contributed by atoms with Crippen LogP contribution >= 0.6 is 0 Å². The highest BCUT2D eigenvalue weighted by Crippen LogP contribution is 2.26. The van der Waals surface area contributed by atoms with E-state index in [-0.39, 0.29) is 43.3 Å². The van der Waals surface area contributed by atoms with E-state index in [2.05, 4.69) is 10.6 Å². The lowest BCUT2D eigenvalue weighted by Crippen LogP contribution is -2.55. The second-order valence-corrected chi connectivity index (χ2v) is 10.7. The summed E-state index contributed by atoms with van der Waals surface area (Å²) in [6.45, 7) is 0.998. The number of carbonyl (C=O) groups is 7. The maximum absolute atomic E-state index is 13.4. The molecule has 4 heterocycles. The van der Waals surface area contributed by atoms with Crippen LogP contribution in [0.3, 0.4) is 0 Å². The van der Waals surface area contributed by atoms with Gasteiger partial charge in [-0.2, -0.15) is 0 Å². The quantitative estimate of drug-likeness (QED) is 0.255. The highest BCUT2D eigenvalue weighted by molar-refractivity contribution is 5.96. The Labute approximate surface area is 232 Å². The molecule has 0 saturated carbocycles. The van der Waals surface area contributed by atoms with Crippen LogP contribution in [0.15, 0.2) is 0 Å². The smallest absolute Gasteiger partial charge is 0.246 e. The summed E-state index contributed by atoms with van der Waals surface area (Å²) < 4.78 is 0. The first-order chi connectivity index (χ1) is 19.3. The molecule has 40 heavy (non-hydrogen) atoms. The van der Waals surface area contributed by atoms with Crippen molar-refractivity contribution < 1.29 is 33.6 Å². The van der Waals surface area contributed by atoms with E-state index >= 15 is 0 Å².